The molecule has 0 amide bonds. The van der Waals surface area contributed by atoms with E-state index in [0.29, 0.717) is 16.6 Å². The molecule has 0 aliphatic rings. The highest BCUT2D eigenvalue weighted by Gasteiger charge is 2.13. The van der Waals surface area contributed by atoms with E-state index < -0.39 is 12.1 Å². The monoisotopic (exact) mass is 353 g/mol. The number of esters is 1. The van der Waals surface area contributed by atoms with Crippen LogP contribution in [0.3, 0.4) is 0 Å². The topological polar surface area (TPSA) is 108 Å². The van der Waals surface area contributed by atoms with Crippen molar-refractivity contribution >= 4 is 17.0 Å². The van der Waals surface area contributed by atoms with E-state index in [1.807, 2.05) is 24.3 Å². The second kappa shape index (κ2) is 7.79. The molecule has 0 spiro atoms. The molecule has 0 saturated carbocycles. The van der Waals surface area contributed by atoms with Crippen molar-refractivity contribution in [2.24, 2.45) is 0 Å². The Morgan fingerprint density at radius 2 is 2.12 bits per heavy atom. The lowest BCUT2D eigenvalue weighted by atomic mass is 9.99. The first-order chi connectivity index (χ1) is 12.6. The maximum Gasteiger partial charge on any atom is 0.330 e. The van der Waals surface area contributed by atoms with E-state index in [2.05, 4.69) is 15.4 Å². The zero-order valence-electron chi connectivity index (χ0n) is 14.2. The first-order valence-electron chi connectivity index (χ1n) is 8.17. The second-order valence-corrected chi connectivity index (χ2v) is 5.84. The van der Waals surface area contributed by atoms with Crippen molar-refractivity contribution in [1.82, 2.24) is 15.4 Å². The summed E-state index contributed by atoms with van der Waals surface area (Å²) in [6.45, 7) is 1.60. The maximum absolute atomic E-state index is 11.3. The number of nitrogens with zero attached hydrogens (tertiary/aromatic N) is 2. The molecule has 0 fully saturated rings. The van der Waals surface area contributed by atoms with Crippen LogP contribution in [0.5, 0.6) is 5.75 Å². The van der Waals surface area contributed by atoms with Gasteiger partial charge in [0, 0.05) is 23.6 Å². The number of fused-ring (bicyclic) bond motifs is 1. The molecular formula is C19H19N3O4. The Balaban J connectivity index is 1.74. The van der Waals surface area contributed by atoms with Gasteiger partial charge in [0.2, 0.25) is 0 Å². The molecule has 1 unspecified atom stereocenters. The lowest BCUT2D eigenvalue weighted by molar-refractivity contribution is -0.140. The summed E-state index contributed by atoms with van der Waals surface area (Å²) in [5.74, 6) is -0.415. The number of aromatic amines is 1. The SMILES string of the molecule is CC=CC(=O)OCC(O)Cc1ccc(-c2cccc3n[nH]nc23)c(O)c1. The predicted molar refractivity (Wildman–Crippen MR) is 96.5 cm³/mol. The molecule has 1 aromatic heterocycles. The number of ether oxygens (including phenoxy) is 1. The van der Waals surface area contributed by atoms with E-state index in [1.54, 1.807) is 25.1 Å². The number of H-pyrrole nitrogens is 1. The molecule has 3 rings (SSSR count). The number of hydrogen-bond donors (Lipinski definition) is 3. The Morgan fingerprint density at radius 1 is 1.27 bits per heavy atom. The molecule has 1 atom stereocenters. The van der Waals surface area contributed by atoms with Crippen LogP contribution in [0, 0.1) is 0 Å². The fourth-order valence-electron chi connectivity index (χ4n) is 2.71. The van der Waals surface area contributed by atoms with Gasteiger partial charge in [-0.2, -0.15) is 15.4 Å². The maximum atomic E-state index is 11.3. The Hall–Kier alpha value is -3.19. The summed E-state index contributed by atoms with van der Waals surface area (Å²) in [6.07, 6.45) is 2.26. The van der Waals surface area contributed by atoms with Gasteiger partial charge in [0.15, 0.2) is 0 Å². The summed E-state index contributed by atoms with van der Waals surface area (Å²) in [4.78, 5) is 11.3. The zero-order chi connectivity index (χ0) is 18.5. The van der Waals surface area contributed by atoms with Crippen molar-refractivity contribution in [2.75, 3.05) is 6.61 Å². The third kappa shape index (κ3) is 3.89. The number of allylic oxidation sites excluding steroid dienone is 1. The van der Waals surface area contributed by atoms with Gasteiger partial charge < -0.3 is 14.9 Å². The molecule has 0 bridgehead atoms. The molecular weight excluding hydrogens is 334 g/mol. The number of aliphatic hydroxyl groups is 1. The molecule has 0 aliphatic carbocycles. The second-order valence-electron chi connectivity index (χ2n) is 5.84. The molecule has 7 nitrogen and oxygen atoms in total. The standard InChI is InChI=1S/C19H19N3O4/c1-2-4-18(25)26-11-13(23)9-12-7-8-14(17(24)10-12)15-5-3-6-16-19(15)21-22-20-16/h2-8,10,13,23-24H,9,11H2,1H3,(H,20,21,22). The van der Waals surface area contributed by atoms with Gasteiger partial charge in [-0.1, -0.05) is 30.3 Å². The number of aromatic nitrogens is 3. The number of aromatic hydroxyl groups is 1. The van der Waals surface area contributed by atoms with Crippen molar-refractivity contribution < 1.29 is 19.7 Å². The van der Waals surface area contributed by atoms with Crippen LogP contribution in [-0.2, 0) is 16.0 Å². The van der Waals surface area contributed by atoms with Crippen molar-refractivity contribution in [3.8, 4) is 16.9 Å². The van der Waals surface area contributed by atoms with Gasteiger partial charge in [-0.25, -0.2) is 4.79 Å². The third-order valence-corrected chi connectivity index (χ3v) is 3.89. The van der Waals surface area contributed by atoms with E-state index in [4.69, 9.17) is 4.74 Å². The minimum atomic E-state index is -0.853. The minimum absolute atomic E-state index is 0.0797. The lowest BCUT2D eigenvalue weighted by Crippen LogP contribution is -2.20. The van der Waals surface area contributed by atoms with Gasteiger partial charge in [-0.15, -0.1) is 0 Å². The van der Waals surface area contributed by atoms with Gasteiger partial charge in [-0.05, 0) is 24.6 Å². The molecule has 7 heteroatoms. The van der Waals surface area contributed by atoms with Gasteiger partial charge in [-0.3, -0.25) is 0 Å². The highest BCUT2D eigenvalue weighted by atomic mass is 16.5. The zero-order valence-corrected chi connectivity index (χ0v) is 14.2. The van der Waals surface area contributed by atoms with Crippen LogP contribution in [-0.4, -0.2) is 44.3 Å². The average Bonchev–Trinajstić information content (AvgIpc) is 3.09. The highest BCUT2D eigenvalue weighted by molar-refractivity contribution is 5.92. The highest BCUT2D eigenvalue weighted by Crippen LogP contribution is 2.33. The summed E-state index contributed by atoms with van der Waals surface area (Å²) in [5.41, 5.74) is 3.51. The number of para-hydroxylation sites is 1. The summed E-state index contributed by atoms with van der Waals surface area (Å²) < 4.78 is 4.92. The van der Waals surface area contributed by atoms with Gasteiger partial charge in [0.25, 0.3) is 0 Å². The van der Waals surface area contributed by atoms with Crippen LogP contribution in [0.25, 0.3) is 22.2 Å². The largest absolute Gasteiger partial charge is 0.507 e. The van der Waals surface area contributed by atoms with Gasteiger partial charge in [0.1, 0.15) is 23.4 Å². The molecule has 2 aromatic carbocycles. The Morgan fingerprint density at radius 3 is 2.88 bits per heavy atom. The number of aliphatic hydroxyl groups excluding tert-OH is 1. The Kier molecular flexibility index (Phi) is 5.28. The molecule has 0 aliphatic heterocycles. The van der Waals surface area contributed by atoms with Crippen LogP contribution in [0.1, 0.15) is 12.5 Å². The van der Waals surface area contributed by atoms with Crippen LogP contribution in [0.15, 0.2) is 48.6 Å². The van der Waals surface area contributed by atoms with Crippen molar-refractivity contribution in [3.05, 3.63) is 54.1 Å². The summed E-state index contributed by atoms with van der Waals surface area (Å²) in [7, 11) is 0. The van der Waals surface area contributed by atoms with E-state index in [9.17, 15) is 15.0 Å². The number of carbonyl (C=O) groups excluding carboxylic acids is 1. The smallest absolute Gasteiger partial charge is 0.330 e. The van der Waals surface area contributed by atoms with Gasteiger partial charge in [0.05, 0.1) is 6.10 Å². The van der Waals surface area contributed by atoms with Crippen molar-refractivity contribution in [2.45, 2.75) is 19.4 Å². The molecule has 26 heavy (non-hydrogen) atoms. The van der Waals surface area contributed by atoms with Crippen LogP contribution in [0.2, 0.25) is 0 Å². The average molecular weight is 353 g/mol. The Bertz CT molecular complexity index is 949. The fourth-order valence-corrected chi connectivity index (χ4v) is 2.71. The van der Waals surface area contributed by atoms with Gasteiger partial charge >= 0.3 is 5.97 Å². The number of phenols is 1. The molecule has 0 saturated heterocycles. The predicted octanol–water partition coefficient (Wildman–Crippen LogP) is 2.35. The first-order valence-corrected chi connectivity index (χ1v) is 8.17. The van der Waals surface area contributed by atoms with E-state index in [-0.39, 0.29) is 18.8 Å². The van der Waals surface area contributed by atoms with E-state index in [1.165, 1.54) is 6.08 Å². The van der Waals surface area contributed by atoms with Crippen molar-refractivity contribution in [3.63, 3.8) is 0 Å². The van der Waals surface area contributed by atoms with Crippen LogP contribution in [0.4, 0.5) is 0 Å². The first kappa shape index (κ1) is 17.6. The van der Waals surface area contributed by atoms with Crippen LogP contribution >= 0.6 is 0 Å². The summed E-state index contributed by atoms with van der Waals surface area (Å²) >= 11 is 0. The van der Waals surface area contributed by atoms with E-state index >= 15 is 0 Å². The Labute approximate surface area is 149 Å². The van der Waals surface area contributed by atoms with E-state index in [0.717, 1.165) is 11.1 Å². The number of rotatable bonds is 6. The van der Waals surface area contributed by atoms with Crippen molar-refractivity contribution in [1.29, 1.82) is 0 Å². The molecule has 3 aromatic rings. The molecule has 3 N–H and O–H groups in total. The normalized spacial score (nSPS) is 12.5. The molecule has 134 valence electrons. The quantitative estimate of drug-likeness (QED) is 0.464. The number of phenolic OH excluding ortho intramolecular Hbond substituents is 1. The number of hydrogen-bond acceptors (Lipinski definition) is 6. The van der Waals surface area contributed by atoms with Crippen LogP contribution < -0.4 is 0 Å². The third-order valence-electron chi connectivity index (χ3n) is 3.89. The summed E-state index contributed by atoms with van der Waals surface area (Å²) in [5, 5.41) is 31.2. The fraction of sp³-hybridized carbons (Fsp3) is 0.211. The summed E-state index contributed by atoms with van der Waals surface area (Å²) in [6, 6.07) is 10.7. The number of carbonyl (C=O) groups is 1. The molecule has 1 heterocycles. The number of benzene rings is 2. The minimum Gasteiger partial charge on any atom is -0.507 e. The molecule has 0 radical (unpaired) electrons. The lowest BCUT2D eigenvalue weighted by Gasteiger charge is -2.12. The number of nitrogens with one attached hydrogen (secondary N) is 1.